The predicted molar refractivity (Wildman–Crippen MR) is 65.0 cm³/mol. The maximum atomic E-state index is 5.63. The highest BCUT2D eigenvalue weighted by atomic mass is 16.5. The van der Waals surface area contributed by atoms with Crippen LogP contribution in [0.25, 0.3) is 0 Å². The molecular formula is C12H20N2O2. The first-order chi connectivity index (χ1) is 7.57. The Bertz CT molecular complexity index is 327. The fourth-order valence-electron chi connectivity index (χ4n) is 1.15. The quantitative estimate of drug-likeness (QED) is 0.805. The van der Waals surface area contributed by atoms with Gasteiger partial charge in [0.1, 0.15) is 11.6 Å². The Morgan fingerprint density at radius 2 is 2.19 bits per heavy atom. The molecule has 0 radical (unpaired) electrons. The molecule has 0 aromatic carbocycles. The van der Waals surface area contributed by atoms with E-state index in [0.717, 1.165) is 18.0 Å². The number of aromatic nitrogens is 1. The lowest BCUT2D eigenvalue weighted by Crippen LogP contribution is -2.25. The van der Waals surface area contributed by atoms with Gasteiger partial charge in [-0.15, -0.1) is 0 Å². The molecule has 0 atom stereocenters. The fourth-order valence-corrected chi connectivity index (χ4v) is 1.15. The number of hydrogen-bond donors (Lipinski definition) is 1. The van der Waals surface area contributed by atoms with Gasteiger partial charge in [-0.3, -0.25) is 0 Å². The SMILES string of the molecule is CNc1cc(OCCC(C)(C)OC)ccn1. The maximum Gasteiger partial charge on any atom is 0.129 e. The molecule has 1 heterocycles. The van der Waals surface area contributed by atoms with Crippen LogP contribution in [0.5, 0.6) is 5.75 Å². The van der Waals surface area contributed by atoms with Crippen molar-refractivity contribution in [3.63, 3.8) is 0 Å². The fraction of sp³-hybridized carbons (Fsp3) is 0.583. The van der Waals surface area contributed by atoms with E-state index in [1.807, 2.05) is 33.0 Å². The van der Waals surface area contributed by atoms with Crippen molar-refractivity contribution in [2.45, 2.75) is 25.9 Å². The van der Waals surface area contributed by atoms with E-state index in [1.54, 1.807) is 13.3 Å². The molecule has 4 nitrogen and oxygen atoms in total. The van der Waals surface area contributed by atoms with E-state index in [9.17, 15) is 0 Å². The Hall–Kier alpha value is -1.29. The number of nitrogens with zero attached hydrogens (tertiary/aromatic N) is 1. The van der Waals surface area contributed by atoms with Crippen LogP contribution in [0.15, 0.2) is 18.3 Å². The molecule has 0 aliphatic rings. The van der Waals surface area contributed by atoms with Gasteiger partial charge < -0.3 is 14.8 Å². The second-order valence-corrected chi connectivity index (χ2v) is 4.19. The first kappa shape index (κ1) is 12.8. The number of anilines is 1. The number of ether oxygens (including phenoxy) is 2. The molecule has 0 unspecified atom stereocenters. The van der Waals surface area contributed by atoms with Crippen molar-refractivity contribution in [3.8, 4) is 5.75 Å². The lowest BCUT2D eigenvalue weighted by Gasteiger charge is -2.22. The van der Waals surface area contributed by atoms with Crippen LogP contribution in [0.3, 0.4) is 0 Å². The Morgan fingerprint density at radius 1 is 1.44 bits per heavy atom. The summed E-state index contributed by atoms with van der Waals surface area (Å²) in [7, 11) is 3.55. The minimum absolute atomic E-state index is 0.140. The number of nitrogens with one attached hydrogen (secondary N) is 1. The third kappa shape index (κ3) is 4.06. The van der Waals surface area contributed by atoms with Crippen LogP contribution < -0.4 is 10.1 Å². The summed E-state index contributed by atoms with van der Waals surface area (Å²) in [5.41, 5.74) is -0.140. The summed E-state index contributed by atoms with van der Waals surface area (Å²) in [6.07, 6.45) is 2.57. The van der Waals surface area contributed by atoms with Gasteiger partial charge in [0.15, 0.2) is 0 Å². The lowest BCUT2D eigenvalue weighted by molar-refractivity contribution is 0.00546. The molecule has 1 aromatic rings. The van der Waals surface area contributed by atoms with Crippen LogP contribution in [0.1, 0.15) is 20.3 Å². The largest absolute Gasteiger partial charge is 0.493 e. The molecule has 0 spiro atoms. The molecule has 0 saturated heterocycles. The molecule has 0 fully saturated rings. The summed E-state index contributed by atoms with van der Waals surface area (Å²) >= 11 is 0. The predicted octanol–water partition coefficient (Wildman–Crippen LogP) is 2.32. The Morgan fingerprint density at radius 3 is 2.81 bits per heavy atom. The molecule has 0 aliphatic carbocycles. The maximum absolute atomic E-state index is 5.63. The van der Waals surface area contributed by atoms with Crippen LogP contribution >= 0.6 is 0 Å². The van der Waals surface area contributed by atoms with Crippen molar-refractivity contribution < 1.29 is 9.47 Å². The van der Waals surface area contributed by atoms with Gasteiger partial charge in [-0.25, -0.2) is 4.98 Å². The zero-order valence-corrected chi connectivity index (χ0v) is 10.4. The molecule has 1 rings (SSSR count). The Balaban J connectivity index is 2.42. The van der Waals surface area contributed by atoms with Crippen LogP contribution in [-0.4, -0.2) is 31.3 Å². The van der Waals surface area contributed by atoms with Crippen LogP contribution in [0.2, 0.25) is 0 Å². The van der Waals surface area contributed by atoms with E-state index < -0.39 is 0 Å². The number of methoxy groups -OCH3 is 1. The molecule has 1 N–H and O–H groups in total. The third-order valence-electron chi connectivity index (χ3n) is 2.51. The van der Waals surface area contributed by atoms with Crippen molar-refractivity contribution >= 4 is 5.82 Å². The van der Waals surface area contributed by atoms with E-state index in [1.165, 1.54) is 0 Å². The first-order valence-electron chi connectivity index (χ1n) is 5.39. The molecule has 1 aromatic heterocycles. The molecule has 90 valence electrons. The first-order valence-corrected chi connectivity index (χ1v) is 5.39. The Labute approximate surface area is 97.0 Å². The van der Waals surface area contributed by atoms with Gasteiger partial charge in [0, 0.05) is 32.8 Å². The summed E-state index contributed by atoms with van der Waals surface area (Å²) in [6, 6.07) is 3.72. The standard InChI is InChI=1S/C12H20N2O2/c1-12(2,15-4)6-8-16-10-5-7-14-11(9-10)13-3/h5,7,9H,6,8H2,1-4H3,(H,13,14). The highest BCUT2D eigenvalue weighted by molar-refractivity contribution is 5.39. The number of rotatable bonds is 6. The highest BCUT2D eigenvalue weighted by Gasteiger charge is 2.15. The molecule has 0 amide bonds. The van der Waals surface area contributed by atoms with Gasteiger partial charge in [0.2, 0.25) is 0 Å². The van der Waals surface area contributed by atoms with Gasteiger partial charge in [-0.1, -0.05) is 0 Å². The average molecular weight is 224 g/mol. The average Bonchev–Trinajstić information content (AvgIpc) is 2.29. The van der Waals surface area contributed by atoms with Gasteiger partial charge >= 0.3 is 0 Å². The lowest BCUT2D eigenvalue weighted by atomic mass is 10.1. The molecule has 4 heteroatoms. The van der Waals surface area contributed by atoms with Crippen LogP contribution in [0.4, 0.5) is 5.82 Å². The molecule has 0 bridgehead atoms. The van der Waals surface area contributed by atoms with Gasteiger partial charge in [0.25, 0.3) is 0 Å². The van der Waals surface area contributed by atoms with Gasteiger partial charge in [-0.05, 0) is 19.9 Å². The van der Waals surface area contributed by atoms with Crippen molar-refractivity contribution in [3.05, 3.63) is 18.3 Å². The smallest absolute Gasteiger partial charge is 0.129 e. The van der Waals surface area contributed by atoms with Crippen molar-refractivity contribution in [1.29, 1.82) is 0 Å². The topological polar surface area (TPSA) is 43.4 Å². The van der Waals surface area contributed by atoms with E-state index >= 15 is 0 Å². The van der Waals surface area contributed by atoms with Crippen molar-refractivity contribution in [2.75, 3.05) is 26.1 Å². The van der Waals surface area contributed by atoms with Crippen LogP contribution in [0, 0.1) is 0 Å². The second kappa shape index (κ2) is 5.70. The molecular weight excluding hydrogens is 204 g/mol. The summed E-state index contributed by atoms with van der Waals surface area (Å²) in [5.74, 6) is 1.63. The summed E-state index contributed by atoms with van der Waals surface area (Å²) in [4.78, 5) is 4.12. The summed E-state index contributed by atoms with van der Waals surface area (Å²) in [6.45, 7) is 4.72. The molecule has 0 aliphatic heterocycles. The third-order valence-corrected chi connectivity index (χ3v) is 2.51. The van der Waals surface area contributed by atoms with Crippen molar-refractivity contribution in [1.82, 2.24) is 4.98 Å². The van der Waals surface area contributed by atoms with E-state index in [2.05, 4.69) is 10.3 Å². The van der Waals surface area contributed by atoms with E-state index in [-0.39, 0.29) is 5.60 Å². The number of pyridine rings is 1. The van der Waals surface area contributed by atoms with E-state index in [4.69, 9.17) is 9.47 Å². The van der Waals surface area contributed by atoms with Crippen LogP contribution in [-0.2, 0) is 4.74 Å². The van der Waals surface area contributed by atoms with Gasteiger partial charge in [-0.2, -0.15) is 0 Å². The summed E-state index contributed by atoms with van der Waals surface area (Å²) in [5, 5.41) is 2.97. The van der Waals surface area contributed by atoms with Crippen molar-refractivity contribution in [2.24, 2.45) is 0 Å². The highest BCUT2D eigenvalue weighted by Crippen LogP contribution is 2.17. The Kier molecular flexibility index (Phi) is 4.55. The monoisotopic (exact) mass is 224 g/mol. The molecule has 16 heavy (non-hydrogen) atoms. The minimum Gasteiger partial charge on any atom is -0.493 e. The van der Waals surface area contributed by atoms with E-state index in [0.29, 0.717) is 6.61 Å². The molecule has 0 saturated carbocycles. The number of hydrogen-bond acceptors (Lipinski definition) is 4. The summed E-state index contributed by atoms with van der Waals surface area (Å²) < 4.78 is 10.9. The zero-order chi connectivity index (χ0) is 12.0. The van der Waals surface area contributed by atoms with Gasteiger partial charge in [0.05, 0.1) is 12.2 Å². The normalized spacial score (nSPS) is 11.2. The zero-order valence-electron chi connectivity index (χ0n) is 10.4. The second-order valence-electron chi connectivity index (χ2n) is 4.19. The minimum atomic E-state index is -0.140.